The molecule has 1 fully saturated rings. The summed E-state index contributed by atoms with van der Waals surface area (Å²) in [5.41, 5.74) is 0. The van der Waals surface area contributed by atoms with E-state index >= 15 is 0 Å². The molecule has 0 aromatic heterocycles. The van der Waals surface area contributed by atoms with Crippen LogP contribution in [0.2, 0.25) is 0 Å². The fourth-order valence-electron chi connectivity index (χ4n) is 1.79. The van der Waals surface area contributed by atoms with Crippen molar-refractivity contribution in [2.24, 2.45) is 11.8 Å². The minimum absolute atomic E-state index is 0.282. The predicted molar refractivity (Wildman–Crippen MR) is 43.2 cm³/mol. The molecule has 0 aromatic rings. The summed E-state index contributed by atoms with van der Waals surface area (Å²) in [6, 6.07) is 0. The molecule has 1 heterocycles. The van der Waals surface area contributed by atoms with E-state index in [1.165, 1.54) is 0 Å². The van der Waals surface area contributed by atoms with Gasteiger partial charge in [0.05, 0.1) is 0 Å². The summed E-state index contributed by atoms with van der Waals surface area (Å²) in [5.74, 6) is 0.819. The number of hydrogen-bond acceptors (Lipinski definition) is 3. The van der Waals surface area contributed by atoms with Crippen molar-refractivity contribution in [3.05, 3.63) is 0 Å². The van der Waals surface area contributed by atoms with Crippen LogP contribution in [-0.4, -0.2) is 43.5 Å². The molecule has 0 aromatic carbocycles. The summed E-state index contributed by atoms with van der Waals surface area (Å²) in [5, 5.41) is 9.40. The third-order valence-electron chi connectivity index (χ3n) is 2.46. The highest BCUT2D eigenvalue weighted by atomic mass is 16.6. The second kappa shape index (κ2) is 3.52. The first-order chi connectivity index (χ1) is 5.15. The quantitative estimate of drug-likeness (QED) is 0.582. The van der Waals surface area contributed by atoms with Crippen molar-refractivity contribution in [3.8, 4) is 0 Å². The lowest BCUT2D eigenvalue weighted by molar-refractivity contribution is -0.117. The van der Waals surface area contributed by atoms with Gasteiger partial charge < -0.3 is 14.7 Å². The number of rotatable bonds is 2. The zero-order valence-corrected chi connectivity index (χ0v) is 7.45. The van der Waals surface area contributed by atoms with Crippen LogP contribution in [0.25, 0.3) is 0 Å². The molecule has 0 radical (unpaired) electrons. The van der Waals surface area contributed by atoms with Crippen LogP contribution in [0.3, 0.4) is 0 Å². The third kappa shape index (κ3) is 1.92. The molecule has 0 amide bonds. The zero-order valence-electron chi connectivity index (χ0n) is 7.45. The van der Waals surface area contributed by atoms with Gasteiger partial charge in [-0.15, -0.1) is 0 Å². The van der Waals surface area contributed by atoms with Gasteiger partial charge in [-0.3, -0.25) is 0 Å². The Balaban J connectivity index is 2.45. The molecular weight excluding hydrogens is 142 g/mol. The van der Waals surface area contributed by atoms with Crippen molar-refractivity contribution in [2.75, 3.05) is 27.2 Å². The Morgan fingerprint density at radius 2 is 2.18 bits per heavy atom. The summed E-state index contributed by atoms with van der Waals surface area (Å²) >= 11 is 0. The number of aliphatic hydroxyl groups excluding tert-OH is 1. The Kier molecular flexibility index (Phi) is 2.87. The molecule has 1 aliphatic rings. The number of aliphatic hydroxyl groups is 1. The Bertz CT molecular complexity index is 125. The topological polar surface area (TPSA) is 32.7 Å². The summed E-state index contributed by atoms with van der Waals surface area (Å²) in [7, 11) is 3.62. The fourth-order valence-corrected chi connectivity index (χ4v) is 1.79. The zero-order chi connectivity index (χ0) is 8.43. The van der Waals surface area contributed by atoms with Gasteiger partial charge in [-0.2, -0.15) is 0 Å². The first-order valence-electron chi connectivity index (χ1n) is 4.04. The molecule has 0 bridgehead atoms. The van der Waals surface area contributed by atoms with Crippen molar-refractivity contribution < 1.29 is 9.84 Å². The van der Waals surface area contributed by atoms with E-state index in [2.05, 4.69) is 18.9 Å². The molecule has 66 valence electrons. The molecule has 3 heteroatoms. The highest BCUT2D eigenvalue weighted by Crippen LogP contribution is 2.24. The fraction of sp³-hybridized carbons (Fsp3) is 1.00. The lowest BCUT2D eigenvalue weighted by Gasteiger charge is -2.19. The Morgan fingerprint density at radius 3 is 2.55 bits per heavy atom. The van der Waals surface area contributed by atoms with Crippen LogP contribution in [0.4, 0.5) is 0 Å². The lowest BCUT2D eigenvalue weighted by atomic mass is 9.98. The maximum Gasteiger partial charge on any atom is 0.158 e. The molecule has 1 N–H and O–H groups in total. The maximum absolute atomic E-state index is 9.40. The third-order valence-corrected chi connectivity index (χ3v) is 2.46. The molecule has 3 atom stereocenters. The van der Waals surface area contributed by atoms with Gasteiger partial charge in [0.1, 0.15) is 0 Å². The SMILES string of the molecule is COC(O)C1CN(C)CC1C. The molecule has 3 nitrogen and oxygen atoms in total. The summed E-state index contributed by atoms with van der Waals surface area (Å²) < 4.78 is 4.88. The van der Waals surface area contributed by atoms with E-state index in [1.807, 2.05) is 0 Å². The number of likely N-dealkylation sites (tertiary alicyclic amines) is 1. The average Bonchev–Trinajstić information content (AvgIpc) is 2.28. The van der Waals surface area contributed by atoms with Gasteiger partial charge in [-0.1, -0.05) is 6.92 Å². The van der Waals surface area contributed by atoms with E-state index < -0.39 is 6.29 Å². The molecule has 3 unspecified atom stereocenters. The first-order valence-corrected chi connectivity index (χ1v) is 4.04. The van der Waals surface area contributed by atoms with Crippen molar-refractivity contribution >= 4 is 0 Å². The molecule has 0 saturated carbocycles. The van der Waals surface area contributed by atoms with Crippen LogP contribution in [0.5, 0.6) is 0 Å². The normalized spacial score (nSPS) is 36.0. The van der Waals surface area contributed by atoms with Crippen LogP contribution in [0.15, 0.2) is 0 Å². The molecule has 1 saturated heterocycles. The van der Waals surface area contributed by atoms with Crippen LogP contribution >= 0.6 is 0 Å². The van der Waals surface area contributed by atoms with Crippen LogP contribution in [-0.2, 0) is 4.74 Å². The highest BCUT2D eigenvalue weighted by molar-refractivity contribution is 4.80. The van der Waals surface area contributed by atoms with Crippen LogP contribution in [0.1, 0.15) is 6.92 Å². The standard InChI is InChI=1S/C8H17NO2/c1-6-4-9(2)5-7(6)8(10)11-3/h6-8,10H,4-5H2,1-3H3. The van der Waals surface area contributed by atoms with E-state index in [-0.39, 0.29) is 5.92 Å². The monoisotopic (exact) mass is 159 g/mol. The number of nitrogens with zero attached hydrogens (tertiary/aromatic N) is 1. The minimum Gasteiger partial charge on any atom is -0.368 e. The van der Waals surface area contributed by atoms with Crippen molar-refractivity contribution in [2.45, 2.75) is 13.2 Å². The van der Waals surface area contributed by atoms with Crippen molar-refractivity contribution in [3.63, 3.8) is 0 Å². The van der Waals surface area contributed by atoms with Gasteiger partial charge in [0.2, 0.25) is 0 Å². The number of hydrogen-bond donors (Lipinski definition) is 1. The van der Waals surface area contributed by atoms with Gasteiger partial charge in [-0.25, -0.2) is 0 Å². The molecule has 11 heavy (non-hydrogen) atoms. The number of methoxy groups -OCH3 is 1. The molecule has 1 rings (SSSR count). The van der Waals surface area contributed by atoms with Crippen molar-refractivity contribution in [1.82, 2.24) is 4.90 Å². The van der Waals surface area contributed by atoms with Gasteiger partial charge in [-0.05, 0) is 13.0 Å². The first kappa shape index (κ1) is 8.97. The molecule has 1 aliphatic heterocycles. The van der Waals surface area contributed by atoms with E-state index in [1.54, 1.807) is 7.11 Å². The van der Waals surface area contributed by atoms with Gasteiger partial charge in [0.25, 0.3) is 0 Å². The van der Waals surface area contributed by atoms with Crippen molar-refractivity contribution in [1.29, 1.82) is 0 Å². The Hall–Kier alpha value is -0.120. The van der Waals surface area contributed by atoms with Gasteiger partial charge >= 0.3 is 0 Å². The van der Waals surface area contributed by atoms with E-state index in [4.69, 9.17) is 4.74 Å². The van der Waals surface area contributed by atoms with E-state index in [9.17, 15) is 5.11 Å². The maximum atomic E-state index is 9.40. The van der Waals surface area contributed by atoms with E-state index in [0.29, 0.717) is 5.92 Å². The largest absolute Gasteiger partial charge is 0.368 e. The van der Waals surface area contributed by atoms with E-state index in [0.717, 1.165) is 13.1 Å². The summed E-state index contributed by atoms with van der Waals surface area (Å²) in [6.45, 7) is 4.15. The minimum atomic E-state index is -0.588. The summed E-state index contributed by atoms with van der Waals surface area (Å²) in [4.78, 5) is 2.22. The van der Waals surface area contributed by atoms with Gasteiger partial charge in [0.15, 0.2) is 6.29 Å². The summed E-state index contributed by atoms with van der Waals surface area (Å²) in [6.07, 6.45) is -0.588. The van der Waals surface area contributed by atoms with Crippen LogP contribution < -0.4 is 0 Å². The van der Waals surface area contributed by atoms with Gasteiger partial charge in [0, 0.05) is 26.1 Å². The number of ether oxygens (including phenoxy) is 1. The Morgan fingerprint density at radius 1 is 1.55 bits per heavy atom. The lowest BCUT2D eigenvalue weighted by Crippen LogP contribution is -2.27. The predicted octanol–water partition coefficient (Wildman–Crippen LogP) is 0.149. The highest BCUT2D eigenvalue weighted by Gasteiger charge is 2.32. The second-order valence-electron chi connectivity index (χ2n) is 3.49. The molecular formula is C8H17NO2. The average molecular weight is 159 g/mol. The molecule has 0 aliphatic carbocycles. The molecule has 0 spiro atoms. The Labute approximate surface area is 68.0 Å². The van der Waals surface area contributed by atoms with Crippen LogP contribution in [0, 0.1) is 11.8 Å². The smallest absolute Gasteiger partial charge is 0.158 e. The second-order valence-corrected chi connectivity index (χ2v) is 3.49.